The van der Waals surface area contributed by atoms with Gasteiger partial charge in [0.1, 0.15) is 12.4 Å². The van der Waals surface area contributed by atoms with Crippen molar-refractivity contribution in [2.45, 2.75) is 6.92 Å². The molecule has 11 nitrogen and oxygen atoms in total. The number of hydrogen-bond donors (Lipinski definition) is 1. The van der Waals surface area contributed by atoms with Gasteiger partial charge in [-0.05, 0) is 19.1 Å². The molecule has 11 heteroatoms. The third kappa shape index (κ3) is 24.9. The van der Waals surface area contributed by atoms with Crippen LogP contribution in [0, 0.1) is 6.92 Å². The lowest BCUT2D eigenvalue weighted by Crippen LogP contribution is -2.15. The van der Waals surface area contributed by atoms with Crippen LogP contribution >= 0.6 is 0 Å². The summed E-state index contributed by atoms with van der Waals surface area (Å²) in [7, 11) is 0. The quantitative estimate of drug-likeness (QED) is 0.141. The predicted molar refractivity (Wildman–Crippen MR) is 141 cm³/mol. The van der Waals surface area contributed by atoms with Crippen molar-refractivity contribution in [2.75, 3.05) is 132 Å². The maximum Gasteiger partial charge on any atom is 0.119 e. The van der Waals surface area contributed by atoms with Crippen LogP contribution in [0.1, 0.15) is 5.56 Å². The normalized spacial score (nSPS) is 11.3. The fraction of sp³-hybridized carbons (Fsp3) is 0.778. The highest BCUT2D eigenvalue weighted by molar-refractivity contribution is 5.26. The van der Waals surface area contributed by atoms with E-state index in [-0.39, 0.29) is 6.61 Å². The van der Waals surface area contributed by atoms with Crippen LogP contribution in [0.5, 0.6) is 5.75 Å². The number of aryl methyl sites for hydroxylation is 1. The number of aliphatic hydroxyl groups is 1. The second kappa shape index (κ2) is 28.6. The largest absolute Gasteiger partial charge is 0.491 e. The molecule has 0 radical (unpaired) electrons. The second-order valence-corrected chi connectivity index (χ2v) is 7.90. The first-order valence-electron chi connectivity index (χ1n) is 13.3. The molecular formula is C27H48O11. The zero-order chi connectivity index (χ0) is 27.2. The van der Waals surface area contributed by atoms with Gasteiger partial charge in [0.2, 0.25) is 0 Å². The van der Waals surface area contributed by atoms with Crippen LogP contribution in [0.3, 0.4) is 0 Å². The van der Waals surface area contributed by atoms with E-state index in [1.165, 1.54) is 5.56 Å². The molecule has 0 amide bonds. The number of ether oxygens (including phenoxy) is 10. The Morgan fingerprint density at radius 3 is 0.947 bits per heavy atom. The van der Waals surface area contributed by atoms with E-state index in [1.54, 1.807) is 0 Å². The highest BCUT2D eigenvalue weighted by atomic mass is 16.6. The van der Waals surface area contributed by atoms with Gasteiger partial charge in [0.25, 0.3) is 0 Å². The second-order valence-electron chi connectivity index (χ2n) is 7.90. The molecule has 222 valence electrons. The minimum Gasteiger partial charge on any atom is -0.491 e. The Kier molecular flexibility index (Phi) is 26.1. The van der Waals surface area contributed by atoms with Crippen molar-refractivity contribution in [1.82, 2.24) is 0 Å². The summed E-state index contributed by atoms with van der Waals surface area (Å²) in [5.74, 6) is 0.852. The number of benzene rings is 1. The van der Waals surface area contributed by atoms with Crippen molar-refractivity contribution >= 4 is 0 Å². The molecule has 0 aliphatic carbocycles. The molecule has 0 spiro atoms. The van der Waals surface area contributed by atoms with E-state index in [0.29, 0.717) is 126 Å². The zero-order valence-electron chi connectivity index (χ0n) is 23.0. The molecule has 0 atom stereocenters. The van der Waals surface area contributed by atoms with Crippen molar-refractivity contribution in [3.05, 3.63) is 29.8 Å². The summed E-state index contributed by atoms with van der Waals surface area (Å²) in [4.78, 5) is 0. The molecule has 1 rings (SSSR count). The van der Waals surface area contributed by atoms with Gasteiger partial charge in [-0.15, -0.1) is 0 Å². The molecule has 0 aromatic heterocycles. The minimum absolute atomic E-state index is 0.0280. The molecule has 0 saturated carbocycles. The summed E-state index contributed by atoms with van der Waals surface area (Å²) >= 11 is 0. The van der Waals surface area contributed by atoms with E-state index >= 15 is 0 Å². The molecule has 0 saturated heterocycles. The first kappa shape index (κ1) is 34.6. The van der Waals surface area contributed by atoms with Gasteiger partial charge in [0, 0.05) is 0 Å². The van der Waals surface area contributed by atoms with Gasteiger partial charge in [0.05, 0.1) is 126 Å². The van der Waals surface area contributed by atoms with Crippen LogP contribution < -0.4 is 4.74 Å². The van der Waals surface area contributed by atoms with Gasteiger partial charge >= 0.3 is 0 Å². The summed E-state index contributed by atoms with van der Waals surface area (Å²) in [5, 5.41) is 8.56. The topological polar surface area (TPSA) is 113 Å². The van der Waals surface area contributed by atoms with Crippen molar-refractivity contribution in [2.24, 2.45) is 0 Å². The molecule has 0 heterocycles. The van der Waals surface area contributed by atoms with Gasteiger partial charge in [-0.3, -0.25) is 0 Å². The Labute approximate surface area is 227 Å². The molecule has 0 bridgehead atoms. The molecule has 0 unspecified atom stereocenters. The average Bonchev–Trinajstić information content (AvgIpc) is 2.93. The van der Waals surface area contributed by atoms with Crippen LogP contribution in [0.25, 0.3) is 0 Å². The van der Waals surface area contributed by atoms with Crippen LogP contribution in [0.4, 0.5) is 0 Å². The Hall–Kier alpha value is -1.38. The number of rotatable bonds is 30. The molecule has 1 aromatic rings. The highest BCUT2D eigenvalue weighted by Gasteiger charge is 1.96. The van der Waals surface area contributed by atoms with Gasteiger partial charge in [-0.2, -0.15) is 0 Å². The lowest BCUT2D eigenvalue weighted by atomic mass is 10.2. The molecule has 0 fully saturated rings. The van der Waals surface area contributed by atoms with Crippen molar-refractivity contribution < 1.29 is 52.5 Å². The Bertz CT molecular complexity index is 589. The summed E-state index contributed by atoms with van der Waals surface area (Å²) in [6.07, 6.45) is 0. The fourth-order valence-electron chi connectivity index (χ4n) is 2.78. The lowest BCUT2D eigenvalue weighted by Gasteiger charge is -2.09. The smallest absolute Gasteiger partial charge is 0.119 e. The van der Waals surface area contributed by atoms with Crippen LogP contribution in [-0.4, -0.2) is 137 Å². The highest BCUT2D eigenvalue weighted by Crippen LogP contribution is 2.10. The van der Waals surface area contributed by atoms with E-state index in [1.807, 2.05) is 31.2 Å². The number of hydrogen-bond acceptors (Lipinski definition) is 11. The summed E-state index contributed by atoms with van der Waals surface area (Å²) in [5.41, 5.74) is 1.21. The van der Waals surface area contributed by atoms with Crippen LogP contribution in [0.15, 0.2) is 24.3 Å². The molecule has 0 aliphatic heterocycles. The SMILES string of the molecule is Cc1ccc(OCCOCCOCCOCCOCCOCCOCCOCCOCCOCCO)cc1. The van der Waals surface area contributed by atoms with E-state index in [2.05, 4.69) is 0 Å². The van der Waals surface area contributed by atoms with Crippen LogP contribution in [-0.2, 0) is 42.6 Å². The average molecular weight is 549 g/mol. The first-order valence-corrected chi connectivity index (χ1v) is 13.3. The predicted octanol–water partition coefficient (Wildman–Crippen LogP) is 1.52. The fourth-order valence-corrected chi connectivity index (χ4v) is 2.78. The monoisotopic (exact) mass is 548 g/mol. The van der Waals surface area contributed by atoms with Crippen molar-refractivity contribution in [3.8, 4) is 5.75 Å². The maximum atomic E-state index is 8.56. The van der Waals surface area contributed by atoms with E-state index in [0.717, 1.165) is 5.75 Å². The lowest BCUT2D eigenvalue weighted by molar-refractivity contribution is -0.0258. The van der Waals surface area contributed by atoms with E-state index in [4.69, 9.17) is 52.5 Å². The molecule has 1 N–H and O–H groups in total. The first-order chi connectivity index (χ1) is 18.8. The van der Waals surface area contributed by atoms with Gasteiger partial charge in [0.15, 0.2) is 0 Å². The van der Waals surface area contributed by atoms with Crippen molar-refractivity contribution in [3.63, 3.8) is 0 Å². The maximum absolute atomic E-state index is 8.56. The summed E-state index contributed by atoms with van der Waals surface area (Å²) in [6.45, 7) is 11.6. The Morgan fingerprint density at radius 1 is 0.395 bits per heavy atom. The molecular weight excluding hydrogens is 500 g/mol. The summed E-state index contributed by atoms with van der Waals surface area (Å²) in [6, 6.07) is 7.95. The molecule has 38 heavy (non-hydrogen) atoms. The third-order valence-corrected chi connectivity index (χ3v) is 4.73. The summed E-state index contributed by atoms with van der Waals surface area (Å²) < 4.78 is 54.1. The Morgan fingerprint density at radius 2 is 0.658 bits per heavy atom. The standard InChI is InChI=1S/C27H48O11/c1-26-2-4-27(5-3-26)38-25-24-37-23-22-36-21-20-35-19-18-34-17-16-33-15-14-32-13-12-31-11-10-30-9-8-29-7-6-28/h2-5,28H,6-25H2,1H3. The van der Waals surface area contributed by atoms with E-state index in [9.17, 15) is 0 Å². The van der Waals surface area contributed by atoms with Crippen molar-refractivity contribution in [1.29, 1.82) is 0 Å². The van der Waals surface area contributed by atoms with Gasteiger partial charge < -0.3 is 52.5 Å². The minimum atomic E-state index is 0.0280. The molecule has 1 aromatic carbocycles. The Balaban J connectivity index is 1.64. The third-order valence-electron chi connectivity index (χ3n) is 4.73. The van der Waals surface area contributed by atoms with Gasteiger partial charge in [-0.25, -0.2) is 0 Å². The molecule has 0 aliphatic rings. The van der Waals surface area contributed by atoms with Crippen LogP contribution in [0.2, 0.25) is 0 Å². The van der Waals surface area contributed by atoms with E-state index < -0.39 is 0 Å². The number of aliphatic hydroxyl groups excluding tert-OH is 1. The zero-order valence-corrected chi connectivity index (χ0v) is 23.0. The van der Waals surface area contributed by atoms with Gasteiger partial charge in [-0.1, -0.05) is 17.7 Å².